The molecule has 4 aromatic rings. The lowest BCUT2D eigenvalue weighted by Gasteiger charge is -2.33. The highest BCUT2D eigenvalue weighted by Gasteiger charge is 2.36. The van der Waals surface area contributed by atoms with Gasteiger partial charge in [0.05, 0.1) is 26.4 Å². The molecule has 0 bridgehead atoms. The zero-order valence-electron chi connectivity index (χ0n) is 49.3. The Morgan fingerprint density at radius 1 is 0.329 bits per heavy atom. The highest BCUT2D eigenvalue weighted by Crippen LogP contribution is 2.36. The van der Waals surface area contributed by atoms with Crippen molar-refractivity contribution in [3.63, 3.8) is 0 Å². The second-order valence-corrected chi connectivity index (χ2v) is 22.5. The van der Waals surface area contributed by atoms with Crippen LogP contribution in [0.1, 0.15) is 244 Å². The number of benzene rings is 2. The summed E-state index contributed by atoms with van der Waals surface area (Å²) in [6, 6.07) is 12.4. The Morgan fingerprint density at radius 3 is 0.835 bits per heavy atom. The van der Waals surface area contributed by atoms with Crippen LogP contribution >= 0.6 is 23.2 Å². The summed E-state index contributed by atoms with van der Waals surface area (Å²) in [5.74, 6) is 2.83. The molecule has 0 unspecified atom stereocenters. The third kappa shape index (κ3) is 31.3. The van der Waals surface area contributed by atoms with Gasteiger partial charge in [-0.1, -0.05) is 207 Å². The maximum Gasteiger partial charge on any atom is 0.322 e. The monoisotopic (exact) mass is 1140 g/mol. The van der Waals surface area contributed by atoms with Gasteiger partial charge in [-0.05, 0) is 97.1 Å². The molecule has 0 atom stereocenters. The van der Waals surface area contributed by atoms with Crippen LogP contribution in [-0.4, -0.2) is 69.5 Å². The largest absolute Gasteiger partial charge is 0.493 e. The Bertz CT molecular complexity index is 1920. The average Bonchev–Trinajstić information content (AvgIpc) is 3.42. The van der Waals surface area contributed by atoms with Gasteiger partial charge in [0.2, 0.25) is 22.5 Å². The number of anilines is 2. The Balaban J connectivity index is 1.72. The molecule has 79 heavy (non-hydrogen) atoms. The second-order valence-electron chi connectivity index (χ2n) is 21.8. The molecule has 14 nitrogen and oxygen atoms in total. The molecule has 0 aliphatic rings. The van der Waals surface area contributed by atoms with Gasteiger partial charge in [0, 0.05) is 17.5 Å². The maximum atomic E-state index is 6.58. The summed E-state index contributed by atoms with van der Waals surface area (Å²) in [4.78, 5) is 25.2. The first-order valence-electron chi connectivity index (χ1n) is 31.0. The van der Waals surface area contributed by atoms with Crippen molar-refractivity contribution in [2.75, 3.05) is 51.1 Å². The Kier molecular flexibility index (Phi) is 35.9. The summed E-state index contributed by atoms with van der Waals surface area (Å²) in [5, 5.41) is -0.169. The third-order valence-electron chi connectivity index (χ3n) is 14.3. The van der Waals surface area contributed by atoms with Crippen LogP contribution in [0.5, 0.6) is 35.0 Å². The molecule has 0 saturated heterocycles. The van der Waals surface area contributed by atoms with Crippen molar-refractivity contribution in [3.05, 3.63) is 58.1 Å². The minimum absolute atomic E-state index is 0.0245. The van der Waals surface area contributed by atoms with Gasteiger partial charge in [-0.25, -0.2) is 0 Å². The van der Waals surface area contributed by atoms with Crippen molar-refractivity contribution in [1.82, 2.24) is 29.9 Å². The minimum atomic E-state index is -0.918. The Morgan fingerprint density at radius 2 is 0.582 bits per heavy atom. The maximum absolute atomic E-state index is 6.58. The lowest BCUT2D eigenvalue weighted by Crippen LogP contribution is -2.40. The lowest BCUT2D eigenvalue weighted by atomic mass is 9.77. The van der Waals surface area contributed by atoms with E-state index in [-0.39, 0.29) is 47.7 Å². The van der Waals surface area contributed by atoms with Gasteiger partial charge in [0.15, 0.2) is 0 Å². The van der Waals surface area contributed by atoms with Crippen molar-refractivity contribution >= 4 is 35.1 Å². The number of hydrogen-bond donors (Lipinski definition) is 2. The molecule has 4 rings (SSSR count). The van der Waals surface area contributed by atoms with E-state index in [9.17, 15) is 0 Å². The van der Waals surface area contributed by atoms with E-state index in [0.29, 0.717) is 39.3 Å². The zero-order chi connectivity index (χ0) is 56.4. The molecular weight excluding hydrogens is 1040 g/mol. The summed E-state index contributed by atoms with van der Waals surface area (Å²) in [6.07, 6.45) is 39.6. The number of halogens is 2. The molecule has 0 saturated carbocycles. The number of aromatic nitrogens is 6. The highest BCUT2D eigenvalue weighted by atomic mass is 35.5. The van der Waals surface area contributed by atoms with E-state index in [0.717, 1.165) is 85.5 Å². The molecule has 0 fully saturated rings. The van der Waals surface area contributed by atoms with Crippen LogP contribution in [0.15, 0.2) is 36.4 Å². The quantitative estimate of drug-likeness (QED) is 0.0398. The number of unbranched alkanes of at least 4 members (excludes halogenated alkanes) is 28. The molecule has 2 aromatic carbocycles. The van der Waals surface area contributed by atoms with Crippen molar-refractivity contribution in [2.45, 2.75) is 246 Å². The molecule has 0 amide bonds. The molecule has 2 heterocycles. The van der Waals surface area contributed by atoms with Crippen molar-refractivity contribution < 1.29 is 28.4 Å². The fourth-order valence-electron chi connectivity index (χ4n) is 9.93. The Hall–Kier alpha value is -4.56. The summed E-state index contributed by atoms with van der Waals surface area (Å²) in [6.45, 7) is 11.5. The van der Waals surface area contributed by atoms with E-state index in [4.69, 9.17) is 63.1 Å². The molecule has 0 radical (unpaired) electrons. The van der Waals surface area contributed by atoms with Gasteiger partial charge in [-0.2, -0.15) is 29.9 Å². The van der Waals surface area contributed by atoms with Crippen LogP contribution in [0, 0.1) is 5.41 Å². The number of nitrogens with zero attached hydrogens (tertiary/aromatic N) is 6. The van der Waals surface area contributed by atoms with Gasteiger partial charge in [0.1, 0.15) is 36.2 Å². The number of nitrogens with two attached hydrogens (primary N) is 2. The normalized spacial score (nSPS) is 11.5. The topological polar surface area (TPSA) is 185 Å². The third-order valence-corrected chi connectivity index (χ3v) is 14.7. The summed E-state index contributed by atoms with van der Waals surface area (Å²) in [7, 11) is 0. The number of rotatable bonds is 50. The molecule has 16 heteroatoms. The van der Waals surface area contributed by atoms with E-state index >= 15 is 0 Å². The first kappa shape index (κ1) is 66.9. The Labute approximate surface area is 486 Å². The van der Waals surface area contributed by atoms with E-state index in [2.05, 4.69) is 81.9 Å². The predicted molar refractivity (Wildman–Crippen MR) is 325 cm³/mol. The predicted octanol–water partition coefficient (Wildman–Crippen LogP) is 17.5. The van der Waals surface area contributed by atoms with Crippen LogP contribution in [-0.2, 0) is 12.8 Å². The first-order chi connectivity index (χ1) is 38.6. The van der Waals surface area contributed by atoms with Crippen molar-refractivity contribution in [1.29, 1.82) is 0 Å². The lowest BCUT2D eigenvalue weighted by molar-refractivity contribution is 0.0682. The molecule has 0 spiro atoms. The van der Waals surface area contributed by atoms with Crippen LogP contribution in [0.2, 0.25) is 10.6 Å². The SMILES string of the molecule is CCCCCCCCCCOc1cc(CC(COc2nc(N)nc(Cl)n2)(COc2nc(N)nc(Cl)n2)Cc2cc(OCCCCCCCCCC)cc(OCCCCCCCCCC)c2)cc(OCCCCCCCCCC)c1. The molecule has 0 aliphatic heterocycles. The summed E-state index contributed by atoms with van der Waals surface area (Å²) in [5.41, 5.74) is 13.1. The summed E-state index contributed by atoms with van der Waals surface area (Å²) < 4.78 is 39.4. The smallest absolute Gasteiger partial charge is 0.322 e. The van der Waals surface area contributed by atoms with Crippen molar-refractivity contribution in [3.8, 4) is 35.0 Å². The molecule has 2 aromatic heterocycles. The van der Waals surface area contributed by atoms with Crippen LogP contribution in [0.3, 0.4) is 0 Å². The molecule has 444 valence electrons. The van der Waals surface area contributed by atoms with E-state index < -0.39 is 5.41 Å². The van der Waals surface area contributed by atoms with Crippen molar-refractivity contribution in [2.24, 2.45) is 5.41 Å². The van der Waals surface area contributed by atoms with Gasteiger partial charge < -0.3 is 39.9 Å². The molecule has 0 aliphatic carbocycles. The van der Waals surface area contributed by atoms with E-state index in [1.807, 2.05) is 12.1 Å². The van der Waals surface area contributed by atoms with Gasteiger partial charge >= 0.3 is 12.0 Å². The van der Waals surface area contributed by atoms with Gasteiger partial charge in [0.25, 0.3) is 0 Å². The zero-order valence-corrected chi connectivity index (χ0v) is 50.8. The first-order valence-corrected chi connectivity index (χ1v) is 31.8. The van der Waals surface area contributed by atoms with Gasteiger partial charge in [-0.15, -0.1) is 0 Å². The second kappa shape index (κ2) is 42.3. The fourth-order valence-corrected chi connectivity index (χ4v) is 10.3. The average molecular weight is 1140 g/mol. The van der Waals surface area contributed by atoms with Gasteiger partial charge in [-0.3, -0.25) is 0 Å². The molecular formula is C63H102Cl2N8O6. The molecule has 4 N–H and O–H groups in total. The standard InChI is InChI=1S/C63H102Cl2N8O6/c1-5-9-13-17-21-25-29-33-37-74-53-41-51(42-54(45-53)75-38-34-30-26-22-18-14-10-6-2)47-63(49-78-61-70-57(64)68-59(66)72-61,50-79-62-71-58(65)69-60(67)73-62)48-52-43-55(76-39-35-31-27-23-19-15-11-7-3)46-56(44-52)77-40-36-32-28-24-20-16-12-8-4/h41-46H,5-40,47-50H2,1-4H3,(H2,66,68,70,72)(H2,67,69,71,73). The minimum Gasteiger partial charge on any atom is -0.493 e. The van der Waals surface area contributed by atoms with Crippen LogP contribution in [0.25, 0.3) is 0 Å². The summed E-state index contributed by atoms with van der Waals surface area (Å²) >= 11 is 12.7. The van der Waals surface area contributed by atoms with E-state index in [1.165, 1.54) is 154 Å². The number of nitrogen functional groups attached to an aromatic ring is 2. The van der Waals surface area contributed by atoms with E-state index in [1.54, 1.807) is 0 Å². The van der Waals surface area contributed by atoms with Crippen LogP contribution in [0.4, 0.5) is 11.9 Å². The highest BCUT2D eigenvalue weighted by molar-refractivity contribution is 6.28. The number of hydrogen-bond acceptors (Lipinski definition) is 14. The fraction of sp³-hybridized carbons (Fsp3) is 0.714. The van der Waals surface area contributed by atoms with Crippen LogP contribution < -0.4 is 39.9 Å². The number of ether oxygens (including phenoxy) is 6.